The first-order valence-electron chi connectivity index (χ1n) is 10.4. The van der Waals surface area contributed by atoms with Crippen molar-refractivity contribution in [2.45, 2.75) is 25.8 Å². The molecular weight excluding hydrogens is 507 g/mol. The third-order valence-corrected chi connectivity index (χ3v) is 5.21. The first-order chi connectivity index (χ1) is 14.6. The summed E-state index contributed by atoms with van der Waals surface area (Å²) in [6.45, 7) is 5.40. The maximum absolute atomic E-state index is 9.73. The molecule has 1 unspecified atom stereocenters. The van der Waals surface area contributed by atoms with Crippen LogP contribution in [0.25, 0.3) is 0 Å². The van der Waals surface area contributed by atoms with Crippen molar-refractivity contribution in [2.75, 3.05) is 45.3 Å². The Morgan fingerprint density at radius 3 is 2.68 bits per heavy atom. The number of nitrogens with zero attached hydrogens (tertiary/aromatic N) is 2. The molecule has 1 aliphatic heterocycles. The number of para-hydroxylation sites is 2. The molecule has 0 aromatic heterocycles. The first-order valence-corrected chi connectivity index (χ1v) is 10.4. The summed E-state index contributed by atoms with van der Waals surface area (Å²) in [6, 6.07) is 13.9. The number of nitrogens with one attached hydrogen (secondary N) is 2. The number of phenolic OH excluding ortho intramolecular Hbond substituents is 1. The summed E-state index contributed by atoms with van der Waals surface area (Å²) in [6.07, 6.45) is 1.81. The Morgan fingerprint density at radius 2 is 1.94 bits per heavy atom. The molecule has 2 aromatic carbocycles. The molecule has 1 atom stereocenters. The lowest BCUT2D eigenvalue weighted by atomic mass is 10.1. The molecule has 1 fully saturated rings. The molecule has 1 aliphatic rings. The number of hydrogen-bond donors (Lipinski definition) is 3. The van der Waals surface area contributed by atoms with Gasteiger partial charge in [-0.25, -0.2) is 0 Å². The Kier molecular flexibility index (Phi) is 10.0. The number of hydrogen-bond acceptors (Lipinski definition) is 5. The summed E-state index contributed by atoms with van der Waals surface area (Å²) in [7, 11) is 3.27. The van der Waals surface area contributed by atoms with E-state index in [2.05, 4.69) is 28.5 Å². The van der Waals surface area contributed by atoms with Gasteiger partial charge in [-0.2, -0.15) is 0 Å². The lowest BCUT2D eigenvalue weighted by molar-refractivity contribution is 0.373. The molecule has 1 saturated heterocycles. The molecule has 0 radical (unpaired) electrons. The zero-order valence-corrected chi connectivity index (χ0v) is 20.8. The van der Waals surface area contributed by atoms with Crippen molar-refractivity contribution in [1.29, 1.82) is 0 Å². The van der Waals surface area contributed by atoms with Crippen LogP contribution in [0.5, 0.6) is 17.2 Å². The van der Waals surface area contributed by atoms with E-state index < -0.39 is 0 Å². The van der Waals surface area contributed by atoms with Crippen molar-refractivity contribution in [3.63, 3.8) is 0 Å². The second-order valence-electron chi connectivity index (χ2n) is 7.26. The van der Waals surface area contributed by atoms with E-state index in [-0.39, 0.29) is 29.7 Å². The zero-order chi connectivity index (χ0) is 21.3. The smallest absolute Gasteiger partial charge is 0.191 e. The third-order valence-electron chi connectivity index (χ3n) is 5.21. The molecule has 0 saturated carbocycles. The predicted molar refractivity (Wildman–Crippen MR) is 137 cm³/mol. The number of aromatic hydroxyl groups is 1. The number of phenols is 1. The number of ether oxygens (including phenoxy) is 2. The molecule has 170 valence electrons. The summed E-state index contributed by atoms with van der Waals surface area (Å²) >= 11 is 0. The standard InChI is InChI=1S/C23H32N4O3.HI/c1-4-24-23(25-13-11-17-9-10-20(28)22(15-17)30-3)26-18-12-14-27(16-18)19-7-5-6-8-21(19)29-2;/h5-10,15,18,28H,4,11-14,16H2,1-3H3,(H2,24,25,26);1H. The van der Waals surface area contributed by atoms with Gasteiger partial charge in [-0.1, -0.05) is 18.2 Å². The molecule has 3 rings (SSSR count). The van der Waals surface area contributed by atoms with Gasteiger partial charge in [0, 0.05) is 32.2 Å². The van der Waals surface area contributed by atoms with Gasteiger partial charge in [0.25, 0.3) is 0 Å². The van der Waals surface area contributed by atoms with Crippen LogP contribution in [0.1, 0.15) is 18.9 Å². The fraction of sp³-hybridized carbons (Fsp3) is 0.435. The monoisotopic (exact) mass is 540 g/mol. The highest BCUT2D eigenvalue weighted by atomic mass is 127. The number of methoxy groups -OCH3 is 2. The second-order valence-corrected chi connectivity index (χ2v) is 7.26. The van der Waals surface area contributed by atoms with E-state index in [0.29, 0.717) is 18.3 Å². The number of anilines is 1. The van der Waals surface area contributed by atoms with Crippen LogP contribution in [0.4, 0.5) is 5.69 Å². The van der Waals surface area contributed by atoms with Crippen molar-refractivity contribution in [2.24, 2.45) is 4.99 Å². The van der Waals surface area contributed by atoms with Gasteiger partial charge in [0.05, 0.1) is 19.9 Å². The highest BCUT2D eigenvalue weighted by molar-refractivity contribution is 14.0. The topological polar surface area (TPSA) is 78.4 Å². The molecule has 2 aromatic rings. The van der Waals surface area contributed by atoms with Crippen molar-refractivity contribution in [3.8, 4) is 17.2 Å². The van der Waals surface area contributed by atoms with Crippen LogP contribution in [-0.4, -0.2) is 57.5 Å². The van der Waals surface area contributed by atoms with Crippen molar-refractivity contribution in [1.82, 2.24) is 10.6 Å². The first kappa shape index (κ1) is 24.9. The Bertz CT molecular complexity index is 862. The molecule has 8 heteroatoms. The maximum atomic E-state index is 9.73. The molecular formula is C23H33IN4O3. The van der Waals surface area contributed by atoms with E-state index >= 15 is 0 Å². The van der Waals surface area contributed by atoms with Crippen LogP contribution >= 0.6 is 24.0 Å². The van der Waals surface area contributed by atoms with Crippen LogP contribution in [0.2, 0.25) is 0 Å². The summed E-state index contributed by atoms with van der Waals surface area (Å²) in [5.74, 6) is 2.38. The summed E-state index contributed by atoms with van der Waals surface area (Å²) in [5, 5.41) is 16.6. The quantitative estimate of drug-likeness (QED) is 0.271. The van der Waals surface area contributed by atoms with Gasteiger partial charge in [-0.05, 0) is 49.6 Å². The van der Waals surface area contributed by atoms with Crippen LogP contribution in [0.3, 0.4) is 0 Å². The number of benzene rings is 2. The second kappa shape index (κ2) is 12.5. The molecule has 1 heterocycles. The van der Waals surface area contributed by atoms with Gasteiger partial charge in [0.15, 0.2) is 17.5 Å². The Labute approximate surface area is 201 Å². The molecule has 0 spiro atoms. The SMILES string of the molecule is CCNC(=NCCc1ccc(O)c(OC)c1)NC1CCN(c2ccccc2OC)C1.I. The number of halogens is 1. The van der Waals surface area contributed by atoms with E-state index in [1.165, 1.54) is 0 Å². The van der Waals surface area contributed by atoms with Gasteiger partial charge >= 0.3 is 0 Å². The van der Waals surface area contributed by atoms with E-state index in [4.69, 9.17) is 14.5 Å². The van der Waals surface area contributed by atoms with Crippen molar-refractivity contribution >= 4 is 35.6 Å². The third kappa shape index (κ3) is 6.81. The van der Waals surface area contributed by atoms with E-state index in [0.717, 1.165) is 55.4 Å². The fourth-order valence-electron chi connectivity index (χ4n) is 3.68. The number of rotatable bonds is 8. The minimum absolute atomic E-state index is 0. The number of aliphatic imine (C=N–C) groups is 1. The average molecular weight is 540 g/mol. The molecule has 7 nitrogen and oxygen atoms in total. The van der Waals surface area contributed by atoms with Crippen LogP contribution < -0.4 is 25.0 Å². The van der Waals surface area contributed by atoms with Crippen molar-refractivity contribution in [3.05, 3.63) is 48.0 Å². The van der Waals surface area contributed by atoms with Gasteiger partial charge in [-0.15, -0.1) is 24.0 Å². The molecule has 0 bridgehead atoms. The molecule has 31 heavy (non-hydrogen) atoms. The van der Waals surface area contributed by atoms with Gasteiger partial charge < -0.3 is 30.1 Å². The Hall–Kier alpha value is -2.36. The van der Waals surface area contributed by atoms with Crippen molar-refractivity contribution < 1.29 is 14.6 Å². The average Bonchev–Trinajstić information content (AvgIpc) is 3.23. The summed E-state index contributed by atoms with van der Waals surface area (Å²) < 4.78 is 10.7. The minimum atomic E-state index is 0. The van der Waals surface area contributed by atoms with E-state index in [1.54, 1.807) is 20.3 Å². The van der Waals surface area contributed by atoms with Gasteiger partial charge in [0.1, 0.15) is 5.75 Å². The van der Waals surface area contributed by atoms with Crippen LogP contribution in [-0.2, 0) is 6.42 Å². The highest BCUT2D eigenvalue weighted by Crippen LogP contribution is 2.30. The van der Waals surface area contributed by atoms with Gasteiger partial charge in [-0.3, -0.25) is 4.99 Å². The highest BCUT2D eigenvalue weighted by Gasteiger charge is 2.25. The predicted octanol–water partition coefficient (Wildman–Crippen LogP) is 3.40. The largest absolute Gasteiger partial charge is 0.504 e. The lowest BCUT2D eigenvalue weighted by Crippen LogP contribution is -2.44. The molecule has 0 aliphatic carbocycles. The minimum Gasteiger partial charge on any atom is -0.504 e. The Morgan fingerprint density at radius 1 is 1.16 bits per heavy atom. The van der Waals surface area contributed by atoms with E-state index in [9.17, 15) is 5.11 Å². The number of guanidine groups is 1. The van der Waals surface area contributed by atoms with E-state index in [1.807, 2.05) is 30.3 Å². The maximum Gasteiger partial charge on any atom is 0.191 e. The van der Waals surface area contributed by atoms with Gasteiger partial charge in [0.2, 0.25) is 0 Å². The van der Waals surface area contributed by atoms with Crippen LogP contribution in [0.15, 0.2) is 47.5 Å². The Balaban J connectivity index is 0.00000341. The fourth-order valence-corrected chi connectivity index (χ4v) is 3.68. The normalized spacial score (nSPS) is 15.9. The molecule has 3 N–H and O–H groups in total. The summed E-state index contributed by atoms with van der Waals surface area (Å²) in [5.41, 5.74) is 2.21. The lowest BCUT2D eigenvalue weighted by Gasteiger charge is -2.22. The summed E-state index contributed by atoms with van der Waals surface area (Å²) in [4.78, 5) is 7.08. The zero-order valence-electron chi connectivity index (χ0n) is 18.4. The van der Waals surface area contributed by atoms with Crippen LogP contribution in [0, 0.1) is 0 Å². The molecule has 0 amide bonds.